The van der Waals surface area contributed by atoms with Crippen molar-refractivity contribution in [3.8, 4) is 5.75 Å². The van der Waals surface area contributed by atoms with Gasteiger partial charge in [0.2, 0.25) is 5.91 Å². The van der Waals surface area contributed by atoms with Crippen molar-refractivity contribution < 1.29 is 22.7 Å². The molecule has 1 heterocycles. The Morgan fingerprint density at radius 1 is 1.27 bits per heavy atom. The van der Waals surface area contributed by atoms with Gasteiger partial charge in [-0.1, -0.05) is 0 Å². The van der Waals surface area contributed by atoms with Crippen molar-refractivity contribution in [2.75, 3.05) is 11.9 Å². The fourth-order valence-corrected chi connectivity index (χ4v) is 1.84. The van der Waals surface area contributed by atoms with Gasteiger partial charge in [0.1, 0.15) is 11.5 Å². The molecule has 2 N–H and O–H groups in total. The lowest BCUT2D eigenvalue weighted by molar-refractivity contribution is -0.120. The number of hydrogen-bond donors (Lipinski definition) is 2. The smallest absolute Gasteiger partial charge is 0.387 e. The van der Waals surface area contributed by atoms with E-state index in [4.69, 9.17) is 4.42 Å². The Morgan fingerprint density at radius 3 is 2.59 bits per heavy atom. The molecule has 5 nitrogen and oxygen atoms in total. The Balaban J connectivity index is 1.78. The lowest BCUT2D eigenvalue weighted by Crippen LogP contribution is -2.31. The summed E-state index contributed by atoms with van der Waals surface area (Å²) in [4.78, 5) is 11.8. The highest BCUT2D eigenvalue weighted by molar-refractivity contribution is 5.81. The third-order valence-corrected chi connectivity index (χ3v) is 2.88. The molecule has 1 aromatic heterocycles. The Morgan fingerprint density at radius 2 is 2.00 bits per heavy atom. The van der Waals surface area contributed by atoms with Gasteiger partial charge in [0, 0.05) is 5.69 Å². The molecule has 0 saturated carbocycles. The lowest BCUT2D eigenvalue weighted by Gasteiger charge is -2.12. The number of hydrogen-bond acceptors (Lipinski definition) is 4. The minimum absolute atomic E-state index is 0.0557. The largest absolute Gasteiger partial charge is 0.467 e. The van der Waals surface area contributed by atoms with Crippen LogP contribution in [0.15, 0.2) is 47.1 Å². The maximum atomic E-state index is 12.0. The zero-order valence-corrected chi connectivity index (χ0v) is 11.9. The molecule has 7 heteroatoms. The van der Waals surface area contributed by atoms with Crippen molar-refractivity contribution in [1.29, 1.82) is 0 Å². The second kappa shape index (κ2) is 7.44. The highest BCUT2D eigenvalue weighted by atomic mass is 19.3. The zero-order valence-electron chi connectivity index (χ0n) is 11.9. The first-order chi connectivity index (χ1) is 10.5. The van der Waals surface area contributed by atoms with E-state index in [-0.39, 0.29) is 24.2 Å². The molecule has 1 aromatic carbocycles. The summed E-state index contributed by atoms with van der Waals surface area (Å²) < 4.78 is 33.5. The molecule has 0 saturated heterocycles. The van der Waals surface area contributed by atoms with Crippen LogP contribution in [0.4, 0.5) is 14.5 Å². The fourth-order valence-electron chi connectivity index (χ4n) is 1.84. The van der Waals surface area contributed by atoms with E-state index in [0.29, 0.717) is 11.4 Å². The molecule has 0 aliphatic heterocycles. The van der Waals surface area contributed by atoms with Crippen LogP contribution in [0.1, 0.15) is 18.7 Å². The van der Waals surface area contributed by atoms with E-state index in [2.05, 4.69) is 15.4 Å². The number of alkyl halides is 2. The summed E-state index contributed by atoms with van der Waals surface area (Å²) in [6.07, 6.45) is 1.54. The number of nitrogens with one attached hydrogen (secondary N) is 2. The highest BCUT2D eigenvalue weighted by Crippen LogP contribution is 2.17. The number of furan rings is 1. The Hall–Kier alpha value is -2.57. The summed E-state index contributed by atoms with van der Waals surface area (Å²) in [7, 11) is 0. The molecular weight excluding hydrogens is 294 g/mol. The average molecular weight is 310 g/mol. The molecule has 0 fully saturated rings. The molecule has 0 aliphatic rings. The first kappa shape index (κ1) is 15.8. The van der Waals surface area contributed by atoms with Crippen molar-refractivity contribution in [2.24, 2.45) is 0 Å². The molecule has 2 rings (SSSR count). The normalized spacial score (nSPS) is 12.0. The van der Waals surface area contributed by atoms with E-state index in [1.807, 2.05) is 6.92 Å². The van der Waals surface area contributed by atoms with Crippen LogP contribution in [0, 0.1) is 0 Å². The van der Waals surface area contributed by atoms with Crippen LogP contribution in [-0.4, -0.2) is 19.1 Å². The third kappa shape index (κ3) is 4.76. The first-order valence-electron chi connectivity index (χ1n) is 6.66. The van der Waals surface area contributed by atoms with Gasteiger partial charge in [-0.3, -0.25) is 4.79 Å². The van der Waals surface area contributed by atoms with Gasteiger partial charge in [0.05, 0.1) is 18.8 Å². The van der Waals surface area contributed by atoms with Gasteiger partial charge in [-0.2, -0.15) is 8.78 Å². The van der Waals surface area contributed by atoms with Crippen LogP contribution in [0.2, 0.25) is 0 Å². The summed E-state index contributed by atoms with van der Waals surface area (Å²) in [6, 6.07) is 9.21. The number of benzene rings is 1. The molecule has 0 bridgehead atoms. The molecule has 1 amide bonds. The molecule has 0 radical (unpaired) electrons. The predicted octanol–water partition coefficient (Wildman–Crippen LogP) is 3.17. The van der Waals surface area contributed by atoms with Crippen LogP contribution in [0.3, 0.4) is 0 Å². The van der Waals surface area contributed by atoms with Crippen LogP contribution in [0.5, 0.6) is 5.75 Å². The zero-order chi connectivity index (χ0) is 15.9. The second-order valence-electron chi connectivity index (χ2n) is 4.56. The minimum atomic E-state index is -2.85. The molecule has 118 valence electrons. The number of carbonyl (C=O) groups excluding carboxylic acids is 1. The quantitative estimate of drug-likeness (QED) is 0.824. The number of carbonyl (C=O) groups is 1. The summed E-state index contributed by atoms with van der Waals surface area (Å²) in [6.45, 7) is -0.986. The van der Waals surface area contributed by atoms with Crippen molar-refractivity contribution in [3.05, 3.63) is 48.4 Å². The summed E-state index contributed by atoms with van der Waals surface area (Å²) in [5.41, 5.74) is 0.627. The van der Waals surface area contributed by atoms with Crippen molar-refractivity contribution >= 4 is 11.6 Å². The third-order valence-electron chi connectivity index (χ3n) is 2.88. The second-order valence-corrected chi connectivity index (χ2v) is 4.56. The Labute approximate surface area is 126 Å². The number of ether oxygens (including phenoxy) is 1. The van der Waals surface area contributed by atoms with Crippen molar-refractivity contribution in [2.45, 2.75) is 19.6 Å². The van der Waals surface area contributed by atoms with E-state index in [1.54, 1.807) is 30.5 Å². The molecular formula is C15H16F2N2O3. The lowest BCUT2D eigenvalue weighted by atomic mass is 10.2. The van der Waals surface area contributed by atoms with Gasteiger partial charge in [-0.05, 0) is 43.3 Å². The van der Waals surface area contributed by atoms with E-state index in [1.165, 1.54) is 12.1 Å². The standard InChI is InChI=1S/C15H16F2N2O3/c1-10(13-3-2-8-21-13)19-14(20)9-18-11-4-6-12(7-5-11)22-15(16)17/h2-8,10,15,18H,9H2,1H3,(H,19,20). The van der Waals surface area contributed by atoms with Gasteiger partial charge >= 0.3 is 6.61 Å². The Kier molecular flexibility index (Phi) is 5.35. The molecule has 0 spiro atoms. The van der Waals surface area contributed by atoms with Gasteiger partial charge in [0.15, 0.2) is 0 Å². The summed E-state index contributed by atoms with van der Waals surface area (Å²) in [5, 5.41) is 5.66. The maximum Gasteiger partial charge on any atom is 0.387 e. The highest BCUT2D eigenvalue weighted by Gasteiger charge is 2.11. The predicted molar refractivity (Wildman–Crippen MR) is 76.8 cm³/mol. The number of amides is 1. The van der Waals surface area contributed by atoms with Crippen molar-refractivity contribution in [1.82, 2.24) is 5.32 Å². The van der Waals surface area contributed by atoms with Gasteiger partial charge in [-0.15, -0.1) is 0 Å². The maximum absolute atomic E-state index is 12.0. The molecule has 2 aromatic rings. The molecule has 22 heavy (non-hydrogen) atoms. The van der Waals surface area contributed by atoms with E-state index in [0.717, 1.165) is 0 Å². The number of halogens is 2. The van der Waals surface area contributed by atoms with Gasteiger partial charge in [-0.25, -0.2) is 0 Å². The van der Waals surface area contributed by atoms with Gasteiger partial charge < -0.3 is 19.8 Å². The van der Waals surface area contributed by atoms with Crippen molar-refractivity contribution in [3.63, 3.8) is 0 Å². The van der Waals surface area contributed by atoms with Crippen LogP contribution in [0.25, 0.3) is 0 Å². The first-order valence-corrected chi connectivity index (χ1v) is 6.66. The van der Waals surface area contributed by atoms with E-state index < -0.39 is 6.61 Å². The fraction of sp³-hybridized carbons (Fsp3) is 0.267. The van der Waals surface area contributed by atoms with Crippen LogP contribution >= 0.6 is 0 Å². The SMILES string of the molecule is CC(NC(=O)CNc1ccc(OC(F)F)cc1)c1ccco1. The summed E-state index contributed by atoms with van der Waals surface area (Å²) in [5.74, 6) is 0.523. The Bertz CT molecular complexity index is 585. The summed E-state index contributed by atoms with van der Waals surface area (Å²) >= 11 is 0. The number of rotatable bonds is 7. The van der Waals surface area contributed by atoms with E-state index >= 15 is 0 Å². The van der Waals surface area contributed by atoms with Gasteiger partial charge in [0.25, 0.3) is 0 Å². The average Bonchev–Trinajstić information content (AvgIpc) is 3.00. The molecule has 1 unspecified atom stereocenters. The van der Waals surface area contributed by atoms with E-state index in [9.17, 15) is 13.6 Å². The topological polar surface area (TPSA) is 63.5 Å². The minimum Gasteiger partial charge on any atom is -0.467 e. The molecule has 0 aliphatic carbocycles. The monoisotopic (exact) mass is 310 g/mol. The molecule has 1 atom stereocenters. The van der Waals surface area contributed by atoms with Crippen LogP contribution in [-0.2, 0) is 4.79 Å². The number of anilines is 1. The van der Waals surface area contributed by atoms with Crippen LogP contribution < -0.4 is 15.4 Å².